The molecule has 5 atom stereocenters. The molecule has 0 fully saturated rings. The average molecular weight is 1620 g/mol. The van der Waals surface area contributed by atoms with E-state index in [1.54, 1.807) is 0 Å². The monoisotopic (exact) mass is 1620 g/mol. The molecule has 19 heteroatoms. The van der Waals surface area contributed by atoms with Crippen LogP contribution in [0.5, 0.6) is 0 Å². The van der Waals surface area contributed by atoms with Crippen LogP contribution in [-0.2, 0) is 65.4 Å². The molecule has 0 spiro atoms. The van der Waals surface area contributed by atoms with Crippen LogP contribution in [-0.4, -0.2) is 96.7 Å². The fraction of sp³-hybridized carbons (Fsp3) is 0.957. The van der Waals surface area contributed by atoms with E-state index in [-0.39, 0.29) is 25.7 Å². The van der Waals surface area contributed by atoms with Crippen molar-refractivity contribution < 1.29 is 80.2 Å². The van der Waals surface area contributed by atoms with Gasteiger partial charge in [0, 0.05) is 25.7 Å². The van der Waals surface area contributed by atoms with Gasteiger partial charge in [0.2, 0.25) is 0 Å². The summed E-state index contributed by atoms with van der Waals surface area (Å²) in [6.07, 6.45) is 72.4. The highest BCUT2D eigenvalue weighted by molar-refractivity contribution is 7.47. The third kappa shape index (κ3) is 85.8. The van der Waals surface area contributed by atoms with E-state index in [4.69, 9.17) is 37.0 Å². The standard InChI is InChI=1S/C92H180O17P2/c1-82(2)68-60-52-44-36-30-24-18-13-9-11-15-21-27-33-39-48-56-64-72-89(94)102-78-87(108-91(96)74-66-58-50-40-34-28-22-16-12-10-14-19-25-31-37-45-53-61-69-83(3)4)80-106-110(98,99)104-76-86(93)77-105-111(100,101)107-81-88(79-103-90(95)73-65-57-49-43-42-47-55-63-71-85(7)8)109-92(97)75-67-59-51-41-35-29-23-17-20-26-32-38-46-54-62-70-84(5)6/h82-88,93H,9-81H2,1-8H3,(H,98,99)(H,100,101)/t86-,87-,88-/m1/s1. The third-order valence-electron chi connectivity index (χ3n) is 21.6. The maximum absolute atomic E-state index is 13.2. The molecule has 2 unspecified atom stereocenters. The highest BCUT2D eigenvalue weighted by Gasteiger charge is 2.31. The Labute approximate surface area is 683 Å². The number of aliphatic hydroxyl groups excluding tert-OH is 1. The van der Waals surface area contributed by atoms with E-state index >= 15 is 0 Å². The van der Waals surface area contributed by atoms with Crippen molar-refractivity contribution in [2.24, 2.45) is 23.7 Å². The van der Waals surface area contributed by atoms with Gasteiger partial charge in [-0.1, -0.05) is 434 Å². The molecule has 0 aliphatic carbocycles. The Morgan fingerprint density at radius 1 is 0.225 bits per heavy atom. The van der Waals surface area contributed by atoms with Crippen molar-refractivity contribution in [3.8, 4) is 0 Å². The van der Waals surface area contributed by atoms with E-state index in [1.807, 2.05) is 0 Å². The average Bonchev–Trinajstić information content (AvgIpc) is 0.900. The minimum absolute atomic E-state index is 0.107. The lowest BCUT2D eigenvalue weighted by molar-refractivity contribution is -0.161. The number of hydrogen-bond donors (Lipinski definition) is 3. The van der Waals surface area contributed by atoms with Gasteiger partial charge in [-0.2, -0.15) is 0 Å². The predicted octanol–water partition coefficient (Wildman–Crippen LogP) is 28.3. The molecule has 0 saturated heterocycles. The lowest BCUT2D eigenvalue weighted by Crippen LogP contribution is -2.30. The summed E-state index contributed by atoms with van der Waals surface area (Å²) in [5.41, 5.74) is 0. The van der Waals surface area contributed by atoms with Crippen molar-refractivity contribution in [2.75, 3.05) is 39.6 Å². The molecule has 3 N–H and O–H groups in total. The number of ether oxygens (including phenoxy) is 4. The van der Waals surface area contributed by atoms with Crippen molar-refractivity contribution in [1.82, 2.24) is 0 Å². The lowest BCUT2D eigenvalue weighted by Gasteiger charge is -2.21. The second kappa shape index (κ2) is 80.5. The summed E-state index contributed by atoms with van der Waals surface area (Å²) in [7, 11) is -9.94. The lowest BCUT2D eigenvalue weighted by atomic mass is 10.0. The summed E-state index contributed by atoms with van der Waals surface area (Å²) in [6.45, 7) is 14.4. The van der Waals surface area contributed by atoms with E-state index in [1.165, 1.54) is 289 Å². The largest absolute Gasteiger partial charge is 0.472 e. The van der Waals surface area contributed by atoms with Gasteiger partial charge in [-0.25, -0.2) is 9.13 Å². The summed E-state index contributed by atoms with van der Waals surface area (Å²) in [4.78, 5) is 73.4. The molecule has 0 bridgehead atoms. The SMILES string of the molecule is CC(C)CCCCCCCCCCCCCCCCCCCCC(=O)OC[C@H](COP(=O)(O)OC[C@@H](O)COP(=O)(O)OC[C@@H](COC(=O)CCCCCCCCCCC(C)C)OC(=O)CCCCCCCCCCCCCCCCCC(C)C)OC(=O)CCCCCCCCCCCCCCCCCCCCC(C)C. The molecule has 111 heavy (non-hydrogen) atoms. The molecule has 660 valence electrons. The Morgan fingerprint density at radius 3 is 0.559 bits per heavy atom. The van der Waals surface area contributed by atoms with Crippen LogP contribution in [0.3, 0.4) is 0 Å². The molecule has 0 amide bonds. The van der Waals surface area contributed by atoms with Crippen LogP contribution in [0.1, 0.15) is 486 Å². The van der Waals surface area contributed by atoms with Crippen molar-refractivity contribution in [2.45, 2.75) is 504 Å². The Kier molecular flexibility index (Phi) is 79.1. The summed E-state index contributed by atoms with van der Waals surface area (Å²) < 4.78 is 69.1. The number of unbranched alkanes of at least 4 members (excludes halogenated alkanes) is 55. The van der Waals surface area contributed by atoms with E-state index in [2.05, 4.69) is 55.4 Å². The maximum Gasteiger partial charge on any atom is 0.472 e. The van der Waals surface area contributed by atoms with Crippen LogP contribution >= 0.6 is 15.6 Å². The molecule has 0 aliphatic rings. The van der Waals surface area contributed by atoms with Crippen LogP contribution in [0.25, 0.3) is 0 Å². The molecule has 0 aliphatic heterocycles. The number of rotatable bonds is 89. The van der Waals surface area contributed by atoms with Gasteiger partial charge in [-0.15, -0.1) is 0 Å². The van der Waals surface area contributed by atoms with E-state index in [0.717, 1.165) is 114 Å². The zero-order valence-electron chi connectivity index (χ0n) is 73.6. The summed E-state index contributed by atoms with van der Waals surface area (Å²) in [6, 6.07) is 0. The quantitative estimate of drug-likeness (QED) is 0.0222. The zero-order chi connectivity index (χ0) is 81.6. The first kappa shape index (κ1) is 109. The molecule has 0 aromatic heterocycles. The van der Waals surface area contributed by atoms with Gasteiger partial charge in [0.05, 0.1) is 26.4 Å². The topological polar surface area (TPSA) is 237 Å². The Hall–Kier alpha value is -1.94. The van der Waals surface area contributed by atoms with Crippen LogP contribution in [0.4, 0.5) is 0 Å². The highest BCUT2D eigenvalue weighted by atomic mass is 31.2. The van der Waals surface area contributed by atoms with Gasteiger partial charge >= 0.3 is 39.5 Å². The molecule has 0 rings (SSSR count). The Morgan fingerprint density at radius 2 is 0.378 bits per heavy atom. The first-order valence-electron chi connectivity index (χ1n) is 47.2. The van der Waals surface area contributed by atoms with Gasteiger partial charge in [0.25, 0.3) is 0 Å². The number of phosphoric ester groups is 2. The van der Waals surface area contributed by atoms with Gasteiger partial charge in [0.15, 0.2) is 12.2 Å². The number of carbonyl (C=O) groups excluding carboxylic acids is 4. The summed E-state index contributed by atoms with van der Waals surface area (Å²) in [5, 5.41) is 10.7. The fourth-order valence-electron chi connectivity index (χ4n) is 14.4. The summed E-state index contributed by atoms with van der Waals surface area (Å²) >= 11 is 0. The zero-order valence-corrected chi connectivity index (χ0v) is 75.4. The minimum atomic E-state index is -4.97. The van der Waals surface area contributed by atoms with Gasteiger partial charge in [0.1, 0.15) is 19.3 Å². The van der Waals surface area contributed by atoms with E-state index in [9.17, 15) is 43.2 Å². The first-order chi connectivity index (χ1) is 53.6. The molecule has 0 saturated carbocycles. The fourth-order valence-corrected chi connectivity index (χ4v) is 16.0. The molecule has 17 nitrogen and oxygen atoms in total. The van der Waals surface area contributed by atoms with Gasteiger partial charge in [-0.3, -0.25) is 37.3 Å². The number of esters is 4. The van der Waals surface area contributed by atoms with Gasteiger partial charge in [-0.05, 0) is 49.4 Å². The molecule has 0 aromatic rings. The first-order valence-corrected chi connectivity index (χ1v) is 50.2. The van der Waals surface area contributed by atoms with Crippen LogP contribution < -0.4 is 0 Å². The van der Waals surface area contributed by atoms with Crippen molar-refractivity contribution in [1.29, 1.82) is 0 Å². The molecule has 0 radical (unpaired) electrons. The molecule has 0 aromatic carbocycles. The normalized spacial score (nSPS) is 13.8. The Balaban J connectivity index is 5.23. The smallest absolute Gasteiger partial charge is 0.462 e. The van der Waals surface area contributed by atoms with Crippen LogP contribution in [0, 0.1) is 23.7 Å². The van der Waals surface area contributed by atoms with Crippen LogP contribution in [0.15, 0.2) is 0 Å². The molecular formula is C92H180O17P2. The second-order valence-corrected chi connectivity index (χ2v) is 37.9. The summed E-state index contributed by atoms with van der Waals surface area (Å²) in [5.74, 6) is 1.07. The highest BCUT2D eigenvalue weighted by Crippen LogP contribution is 2.45. The van der Waals surface area contributed by atoms with E-state index < -0.39 is 97.5 Å². The van der Waals surface area contributed by atoms with Crippen molar-refractivity contribution in [3.05, 3.63) is 0 Å². The minimum Gasteiger partial charge on any atom is -0.462 e. The number of aliphatic hydroxyl groups is 1. The number of hydrogen-bond acceptors (Lipinski definition) is 15. The van der Waals surface area contributed by atoms with Crippen LogP contribution in [0.2, 0.25) is 0 Å². The molecular weight excluding hydrogens is 1440 g/mol. The van der Waals surface area contributed by atoms with Crippen molar-refractivity contribution in [3.63, 3.8) is 0 Å². The number of phosphoric acid groups is 2. The maximum atomic E-state index is 13.2. The van der Waals surface area contributed by atoms with E-state index in [0.29, 0.717) is 25.7 Å². The number of carbonyl (C=O) groups is 4. The molecule has 0 heterocycles. The third-order valence-corrected chi connectivity index (χ3v) is 23.5. The van der Waals surface area contributed by atoms with Gasteiger partial charge < -0.3 is 33.8 Å². The second-order valence-electron chi connectivity index (χ2n) is 35.0. The predicted molar refractivity (Wildman–Crippen MR) is 460 cm³/mol. The van der Waals surface area contributed by atoms with Crippen molar-refractivity contribution >= 4 is 39.5 Å². The Bertz CT molecular complexity index is 2150.